The van der Waals surface area contributed by atoms with Gasteiger partial charge in [-0.25, -0.2) is 0 Å². The first kappa shape index (κ1) is 16.4. The molecule has 112 valence electrons. The second-order valence-electron chi connectivity index (χ2n) is 5.59. The van der Waals surface area contributed by atoms with E-state index in [0.717, 1.165) is 22.9 Å². The molecule has 2 aromatic carbocycles. The van der Waals surface area contributed by atoms with Gasteiger partial charge in [0.25, 0.3) is 0 Å². The third kappa shape index (κ3) is 5.39. The molecule has 0 spiro atoms. The molecule has 0 radical (unpaired) electrons. The molecule has 2 aromatic rings. The smallest absolute Gasteiger partial charge is 0.0548 e. The van der Waals surface area contributed by atoms with Gasteiger partial charge < -0.3 is 4.90 Å². The Bertz CT molecular complexity index is 596. The van der Waals surface area contributed by atoms with E-state index >= 15 is 0 Å². The van der Waals surface area contributed by atoms with E-state index in [4.69, 9.17) is 11.6 Å². The van der Waals surface area contributed by atoms with Crippen LogP contribution in [0.4, 0.5) is 0 Å². The Kier molecular flexibility index (Phi) is 6.16. The Morgan fingerprint density at radius 3 is 2.62 bits per heavy atom. The summed E-state index contributed by atoms with van der Waals surface area (Å²) < 4.78 is 0. The highest BCUT2D eigenvalue weighted by molar-refractivity contribution is 7.99. The molecule has 0 aliphatic rings. The van der Waals surface area contributed by atoms with Crippen molar-refractivity contribution < 1.29 is 0 Å². The minimum absolute atomic E-state index is 0.831. The van der Waals surface area contributed by atoms with Crippen molar-refractivity contribution in [3.8, 4) is 0 Å². The molecule has 0 saturated heterocycles. The summed E-state index contributed by atoms with van der Waals surface area (Å²) >= 11 is 8.05. The first-order chi connectivity index (χ1) is 10.0. The Morgan fingerprint density at radius 2 is 1.90 bits per heavy atom. The van der Waals surface area contributed by atoms with Crippen molar-refractivity contribution in [2.24, 2.45) is 0 Å². The Morgan fingerprint density at radius 1 is 1.10 bits per heavy atom. The maximum Gasteiger partial charge on any atom is 0.0548 e. The molecule has 0 aliphatic heterocycles. The lowest BCUT2D eigenvalue weighted by Gasteiger charge is -2.10. The van der Waals surface area contributed by atoms with Gasteiger partial charge in [-0.05, 0) is 75.8 Å². The molecule has 21 heavy (non-hydrogen) atoms. The molecular formula is C18H22ClNS. The van der Waals surface area contributed by atoms with Crippen LogP contribution in [-0.2, 0) is 6.42 Å². The lowest BCUT2D eigenvalue weighted by Crippen LogP contribution is -2.13. The highest BCUT2D eigenvalue weighted by atomic mass is 35.5. The summed E-state index contributed by atoms with van der Waals surface area (Å²) in [6.07, 6.45) is 2.31. The molecule has 0 aliphatic carbocycles. The van der Waals surface area contributed by atoms with Gasteiger partial charge in [0.05, 0.1) is 5.02 Å². The topological polar surface area (TPSA) is 3.24 Å². The van der Waals surface area contributed by atoms with Crippen molar-refractivity contribution in [1.29, 1.82) is 0 Å². The van der Waals surface area contributed by atoms with Gasteiger partial charge in [0.2, 0.25) is 0 Å². The Balaban J connectivity index is 2.03. The van der Waals surface area contributed by atoms with Crippen LogP contribution >= 0.6 is 23.4 Å². The number of halogens is 1. The molecular weight excluding hydrogens is 298 g/mol. The van der Waals surface area contributed by atoms with Gasteiger partial charge in [0, 0.05) is 9.79 Å². The fraction of sp³-hybridized carbons (Fsp3) is 0.333. The Hall–Kier alpha value is -0.960. The summed E-state index contributed by atoms with van der Waals surface area (Å²) in [5, 5.41) is 0.831. The maximum atomic E-state index is 6.31. The maximum absolute atomic E-state index is 6.31. The van der Waals surface area contributed by atoms with Crippen molar-refractivity contribution in [3.63, 3.8) is 0 Å². The molecule has 0 unspecified atom stereocenters. The van der Waals surface area contributed by atoms with Gasteiger partial charge in [-0.1, -0.05) is 41.6 Å². The summed E-state index contributed by atoms with van der Waals surface area (Å²) in [5.74, 6) is 0. The fourth-order valence-electron chi connectivity index (χ4n) is 2.18. The largest absolute Gasteiger partial charge is 0.309 e. The predicted octanol–water partition coefficient (Wildman–Crippen LogP) is 5.29. The van der Waals surface area contributed by atoms with Crippen LogP contribution in [-0.4, -0.2) is 25.5 Å². The number of rotatable bonds is 6. The monoisotopic (exact) mass is 319 g/mol. The number of nitrogens with zero attached hydrogens (tertiary/aromatic N) is 1. The van der Waals surface area contributed by atoms with Gasteiger partial charge in [0.1, 0.15) is 0 Å². The quantitative estimate of drug-likeness (QED) is 0.711. The van der Waals surface area contributed by atoms with E-state index in [-0.39, 0.29) is 0 Å². The van der Waals surface area contributed by atoms with E-state index in [1.807, 2.05) is 6.07 Å². The average Bonchev–Trinajstić information content (AvgIpc) is 2.42. The van der Waals surface area contributed by atoms with E-state index in [1.165, 1.54) is 22.4 Å². The Labute approximate surface area is 137 Å². The van der Waals surface area contributed by atoms with E-state index in [0.29, 0.717) is 0 Å². The molecule has 1 nitrogen and oxygen atoms in total. The number of hydrogen-bond donors (Lipinski definition) is 0. The van der Waals surface area contributed by atoms with Crippen LogP contribution in [0.15, 0.2) is 52.3 Å². The van der Waals surface area contributed by atoms with E-state index in [2.05, 4.69) is 62.3 Å². The van der Waals surface area contributed by atoms with E-state index in [1.54, 1.807) is 11.8 Å². The number of aryl methyl sites for hydroxylation is 2. The van der Waals surface area contributed by atoms with Gasteiger partial charge in [-0.2, -0.15) is 0 Å². The summed E-state index contributed by atoms with van der Waals surface area (Å²) in [7, 11) is 4.23. The van der Waals surface area contributed by atoms with Crippen LogP contribution < -0.4 is 0 Å². The average molecular weight is 320 g/mol. The first-order valence-corrected chi connectivity index (χ1v) is 8.42. The van der Waals surface area contributed by atoms with Gasteiger partial charge in [-0.15, -0.1) is 0 Å². The van der Waals surface area contributed by atoms with Gasteiger partial charge >= 0.3 is 0 Å². The molecule has 2 rings (SSSR count). The third-order valence-electron chi connectivity index (χ3n) is 3.28. The normalized spacial score (nSPS) is 11.1. The minimum atomic E-state index is 0.831. The number of hydrogen-bond acceptors (Lipinski definition) is 2. The summed E-state index contributed by atoms with van der Waals surface area (Å²) in [6.45, 7) is 3.19. The van der Waals surface area contributed by atoms with Crippen LogP contribution in [0, 0.1) is 6.92 Å². The third-order valence-corrected chi connectivity index (χ3v) is 4.77. The fourth-order valence-corrected chi connectivity index (χ4v) is 3.43. The SMILES string of the molecule is Cc1ccc(Sc2cccc(CCCN(C)C)c2)c(Cl)c1. The second kappa shape index (κ2) is 7.88. The molecule has 0 heterocycles. The van der Waals surface area contributed by atoms with Gasteiger partial charge in [-0.3, -0.25) is 0 Å². The zero-order valence-electron chi connectivity index (χ0n) is 12.9. The highest BCUT2D eigenvalue weighted by Gasteiger charge is 2.04. The van der Waals surface area contributed by atoms with Crippen molar-refractivity contribution in [1.82, 2.24) is 4.90 Å². The zero-order chi connectivity index (χ0) is 15.2. The first-order valence-electron chi connectivity index (χ1n) is 7.22. The lowest BCUT2D eigenvalue weighted by atomic mass is 10.1. The summed E-state index contributed by atoms with van der Waals surface area (Å²) in [4.78, 5) is 4.60. The molecule has 0 N–H and O–H groups in total. The van der Waals surface area contributed by atoms with Crippen LogP contribution in [0.5, 0.6) is 0 Å². The van der Waals surface area contributed by atoms with Crippen LogP contribution in [0.1, 0.15) is 17.5 Å². The molecule has 0 saturated carbocycles. The second-order valence-corrected chi connectivity index (χ2v) is 7.11. The van der Waals surface area contributed by atoms with Crippen LogP contribution in [0.25, 0.3) is 0 Å². The molecule has 0 fully saturated rings. The van der Waals surface area contributed by atoms with Gasteiger partial charge in [0.15, 0.2) is 0 Å². The molecule has 3 heteroatoms. The highest BCUT2D eigenvalue weighted by Crippen LogP contribution is 2.34. The summed E-state index contributed by atoms with van der Waals surface area (Å²) in [5.41, 5.74) is 2.59. The van der Waals surface area contributed by atoms with Crippen molar-refractivity contribution in [2.75, 3.05) is 20.6 Å². The molecule has 0 amide bonds. The number of benzene rings is 2. The zero-order valence-corrected chi connectivity index (χ0v) is 14.5. The molecule has 0 atom stereocenters. The minimum Gasteiger partial charge on any atom is -0.309 e. The van der Waals surface area contributed by atoms with Crippen molar-refractivity contribution >= 4 is 23.4 Å². The van der Waals surface area contributed by atoms with E-state index < -0.39 is 0 Å². The lowest BCUT2D eigenvalue weighted by molar-refractivity contribution is 0.400. The predicted molar refractivity (Wildman–Crippen MR) is 93.6 cm³/mol. The van der Waals surface area contributed by atoms with Crippen molar-refractivity contribution in [3.05, 3.63) is 58.6 Å². The summed E-state index contributed by atoms with van der Waals surface area (Å²) in [6, 6.07) is 15.0. The van der Waals surface area contributed by atoms with Crippen LogP contribution in [0.3, 0.4) is 0 Å². The molecule has 0 bridgehead atoms. The standard InChI is InChI=1S/C18H22ClNS/c1-14-9-10-18(17(19)12-14)21-16-8-4-6-15(13-16)7-5-11-20(2)3/h4,6,8-10,12-13H,5,7,11H2,1-3H3. The molecule has 0 aromatic heterocycles. The van der Waals surface area contributed by atoms with Crippen molar-refractivity contribution in [2.45, 2.75) is 29.6 Å². The van der Waals surface area contributed by atoms with E-state index in [9.17, 15) is 0 Å². The van der Waals surface area contributed by atoms with Crippen LogP contribution in [0.2, 0.25) is 5.02 Å².